The van der Waals surface area contributed by atoms with Gasteiger partial charge in [-0.2, -0.15) is 0 Å². The Bertz CT molecular complexity index is 1120. The number of Topliss-reactive ketones (excluding diaryl/α,β-unsaturated/α-hetero) is 1. The van der Waals surface area contributed by atoms with Crippen LogP contribution in [0.3, 0.4) is 0 Å². The Labute approximate surface area is 193 Å². The van der Waals surface area contributed by atoms with Gasteiger partial charge in [0.2, 0.25) is 15.8 Å². The van der Waals surface area contributed by atoms with Gasteiger partial charge in [-0.1, -0.05) is 6.07 Å². The Kier molecular flexibility index (Phi) is 8.66. The number of carbonyl (C=O) groups is 1. The molecule has 0 saturated heterocycles. The molecule has 2 aromatic rings. The highest BCUT2D eigenvalue weighted by atomic mass is 32.2. The molecule has 11 heteroatoms. The minimum Gasteiger partial charge on any atom is -0.508 e. The molecule has 10 nitrogen and oxygen atoms in total. The van der Waals surface area contributed by atoms with Crippen molar-refractivity contribution in [3.8, 4) is 0 Å². The van der Waals surface area contributed by atoms with E-state index in [9.17, 15) is 23.4 Å². The molecule has 0 saturated carbocycles. The normalized spacial score (nSPS) is 19.8. The predicted molar refractivity (Wildman–Crippen MR) is 125 cm³/mol. The number of aromatic nitrogens is 1. The van der Waals surface area contributed by atoms with Crippen molar-refractivity contribution < 1.29 is 33.6 Å². The number of carbonyl (C=O) groups excluding carboxylic acids is 1. The van der Waals surface area contributed by atoms with Gasteiger partial charge in [-0.25, -0.2) is 13.1 Å². The lowest BCUT2D eigenvalue weighted by Gasteiger charge is -2.27. The second-order valence-corrected chi connectivity index (χ2v) is 10.5. The van der Waals surface area contributed by atoms with Gasteiger partial charge in [0.1, 0.15) is 5.76 Å². The van der Waals surface area contributed by atoms with Crippen LogP contribution in [-0.4, -0.2) is 84.9 Å². The fourth-order valence-electron chi connectivity index (χ4n) is 3.54. The third-order valence-corrected chi connectivity index (χ3v) is 7.13. The van der Waals surface area contributed by atoms with E-state index in [4.69, 9.17) is 10.2 Å². The van der Waals surface area contributed by atoms with Crippen LogP contribution in [0.5, 0.6) is 0 Å². The third-order valence-electron chi connectivity index (χ3n) is 5.79. The fourth-order valence-corrected chi connectivity index (χ4v) is 4.30. The molecule has 0 spiro atoms. The number of hydrogen-bond donors (Lipinski definition) is 6. The maximum atomic E-state index is 11.6. The number of aliphatic hydroxyl groups excluding tert-OH is 4. The van der Waals surface area contributed by atoms with E-state index < -0.39 is 45.5 Å². The first kappa shape index (κ1) is 26.8. The van der Waals surface area contributed by atoms with Crippen molar-refractivity contribution >= 4 is 26.7 Å². The second-order valence-electron chi connectivity index (χ2n) is 8.62. The lowest BCUT2D eigenvalue weighted by molar-refractivity contribution is -0.119. The minimum absolute atomic E-state index is 0.0116. The van der Waals surface area contributed by atoms with Crippen LogP contribution in [0.15, 0.2) is 35.9 Å². The first-order valence-corrected chi connectivity index (χ1v) is 12.1. The zero-order valence-electron chi connectivity index (χ0n) is 19.3. The quantitative estimate of drug-likeness (QED) is 0.323. The summed E-state index contributed by atoms with van der Waals surface area (Å²) in [6.07, 6.45) is 1.51. The van der Waals surface area contributed by atoms with Crippen LogP contribution < -0.4 is 4.72 Å². The van der Waals surface area contributed by atoms with Crippen molar-refractivity contribution in [2.24, 2.45) is 5.41 Å². The number of aromatic amines is 1. The molecule has 2 atom stereocenters. The van der Waals surface area contributed by atoms with Gasteiger partial charge in [0.25, 0.3) is 0 Å². The number of hydrogen-bond acceptors (Lipinski definition) is 8. The summed E-state index contributed by atoms with van der Waals surface area (Å²) in [5.41, 5.74) is 1.81. The Morgan fingerprint density at radius 1 is 1.27 bits per heavy atom. The van der Waals surface area contributed by atoms with E-state index in [0.717, 1.165) is 29.4 Å². The Morgan fingerprint density at radius 2 is 1.94 bits per heavy atom. The first-order valence-electron chi connectivity index (χ1n) is 10.4. The highest BCUT2D eigenvalue weighted by Crippen LogP contribution is 2.41. The number of H-pyrrole nitrogens is 1. The minimum atomic E-state index is -3.23. The van der Waals surface area contributed by atoms with Crippen LogP contribution in [0.4, 0.5) is 0 Å². The summed E-state index contributed by atoms with van der Waals surface area (Å²) >= 11 is 0. The van der Waals surface area contributed by atoms with Crippen LogP contribution in [0.1, 0.15) is 24.5 Å². The molecule has 1 aliphatic carbocycles. The second kappa shape index (κ2) is 10.7. The Morgan fingerprint density at radius 3 is 2.45 bits per heavy atom. The topological polar surface area (TPSA) is 163 Å². The number of ketones is 1. The van der Waals surface area contributed by atoms with E-state index in [-0.39, 0.29) is 12.2 Å². The molecule has 1 aromatic heterocycles. The van der Waals surface area contributed by atoms with Crippen molar-refractivity contribution in [1.29, 1.82) is 0 Å². The number of sulfonamides is 1. The van der Waals surface area contributed by atoms with E-state index in [1.165, 1.54) is 19.5 Å². The molecule has 184 valence electrons. The summed E-state index contributed by atoms with van der Waals surface area (Å²) in [7, 11) is 2.29. The van der Waals surface area contributed by atoms with E-state index in [2.05, 4.69) is 14.6 Å². The summed E-state index contributed by atoms with van der Waals surface area (Å²) in [5.74, 6) is -1.86. The first-order chi connectivity index (χ1) is 15.3. The summed E-state index contributed by atoms with van der Waals surface area (Å²) in [4.78, 5) is 16.3. The van der Waals surface area contributed by atoms with Gasteiger partial charge in [-0.05, 0) is 57.7 Å². The average molecular weight is 484 g/mol. The molecule has 1 heterocycles. The third kappa shape index (κ3) is 6.33. The molecular formula is C22H33N3O7S. The van der Waals surface area contributed by atoms with Crippen molar-refractivity contribution in [1.82, 2.24) is 14.6 Å². The highest BCUT2D eigenvalue weighted by Gasteiger charge is 2.47. The van der Waals surface area contributed by atoms with E-state index in [0.29, 0.717) is 0 Å². The number of rotatable bonds is 8. The maximum Gasteiger partial charge on any atom is 0.215 e. The van der Waals surface area contributed by atoms with E-state index >= 15 is 0 Å². The molecule has 0 bridgehead atoms. The number of nitrogens with one attached hydrogen (secondary N) is 2. The molecule has 6 N–H and O–H groups in total. The van der Waals surface area contributed by atoms with Gasteiger partial charge < -0.3 is 30.3 Å². The predicted octanol–water partition coefficient (Wildman–Crippen LogP) is 0.968. The zero-order chi connectivity index (χ0) is 25.0. The SMILES string of the molecule is CNS(=O)(=O)Cc1ccc2[nH]cc(CCN(C)C)c2c1.C[C@]1(C(O)CO)CC(=O)C(O)=C1O. The van der Waals surface area contributed by atoms with Crippen LogP contribution in [0.25, 0.3) is 10.9 Å². The number of benzene rings is 1. The van der Waals surface area contributed by atoms with Crippen LogP contribution in [-0.2, 0) is 27.0 Å². The van der Waals surface area contributed by atoms with Crippen molar-refractivity contribution in [3.05, 3.63) is 47.0 Å². The lowest BCUT2D eigenvalue weighted by Crippen LogP contribution is -2.35. The molecular weight excluding hydrogens is 450 g/mol. The van der Waals surface area contributed by atoms with Gasteiger partial charge in [0, 0.05) is 30.1 Å². The van der Waals surface area contributed by atoms with Crippen LogP contribution in [0, 0.1) is 5.41 Å². The summed E-state index contributed by atoms with van der Waals surface area (Å²) in [6.45, 7) is 1.80. The maximum absolute atomic E-state index is 11.6. The molecule has 0 fully saturated rings. The van der Waals surface area contributed by atoms with Gasteiger partial charge >= 0.3 is 0 Å². The zero-order valence-corrected chi connectivity index (χ0v) is 20.1. The van der Waals surface area contributed by atoms with Crippen molar-refractivity contribution in [2.45, 2.75) is 31.6 Å². The number of fused-ring (bicyclic) bond motifs is 1. The number of allylic oxidation sites excluding steroid dienone is 1. The number of nitrogens with zero attached hydrogens (tertiary/aromatic N) is 1. The van der Waals surface area contributed by atoms with Crippen LogP contribution >= 0.6 is 0 Å². The monoisotopic (exact) mass is 483 g/mol. The summed E-state index contributed by atoms with van der Waals surface area (Å²) in [6, 6.07) is 5.75. The molecule has 33 heavy (non-hydrogen) atoms. The van der Waals surface area contributed by atoms with E-state index in [1.807, 2.05) is 38.5 Å². The van der Waals surface area contributed by atoms with Crippen molar-refractivity contribution in [2.75, 3.05) is 34.3 Å². The molecule has 1 aliphatic rings. The standard InChI is InChI=1S/C14H21N3O2S.C8H12O5/c1-15-20(18,19)10-11-4-5-14-13(8-11)12(9-16-14)6-7-17(2)3;1-8(5(11)3-9)2-4(10)6(12)7(8)13/h4-5,8-9,15-16H,6-7,10H2,1-3H3;5,9,11-13H,2-3H2,1H3/t;5?,8-/m.1/s1. The van der Waals surface area contributed by atoms with Gasteiger partial charge in [-0.15, -0.1) is 0 Å². The smallest absolute Gasteiger partial charge is 0.215 e. The molecule has 1 aromatic carbocycles. The van der Waals surface area contributed by atoms with Gasteiger partial charge in [0.05, 0.1) is 23.9 Å². The van der Waals surface area contributed by atoms with Crippen molar-refractivity contribution in [3.63, 3.8) is 0 Å². The largest absolute Gasteiger partial charge is 0.508 e. The number of aliphatic hydroxyl groups is 4. The molecule has 0 radical (unpaired) electrons. The molecule has 0 aliphatic heterocycles. The van der Waals surface area contributed by atoms with Gasteiger partial charge in [0.15, 0.2) is 5.76 Å². The Hall–Kier alpha value is -2.44. The van der Waals surface area contributed by atoms with Gasteiger partial charge in [-0.3, -0.25) is 4.79 Å². The summed E-state index contributed by atoms with van der Waals surface area (Å²) < 4.78 is 25.6. The highest BCUT2D eigenvalue weighted by molar-refractivity contribution is 7.88. The summed E-state index contributed by atoms with van der Waals surface area (Å²) in [5, 5.41) is 37.5. The molecule has 1 unspecified atom stereocenters. The Balaban J connectivity index is 0.000000257. The van der Waals surface area contributed by atoms with Crippen LogP contribution in [0.2, 0.25) is 0 Å². The average Bonchev–Trinajstić information content (AvgIpc) is 3.26. The lowest BCUT2D eigenvalue weighted by atomic mass is 9.82. The number of likely N-dealkylation sites (N-methyl/N-ethyl adjacent to an activating group) is 1. The fraction of sp³-hybridized carbons (Fsp3) is 0.500. The molecule has 3 rings (SSSR count). The molecule has 0 amide bonds. The van der Waals surface area contributed by atoms with E-state index in [1.54, 1.807) is 0 Å².